The first-order valence-corrected chi connectivity index (χ1v) is 14.9. The predicted molar refractivity (Wildman–Crippen MR) is 170 cm³/mol. The molecule has 0 saturated carbocycles. The van der Waals surface area contributed by atoms with E-state index in [0.717, 1.165) is 60.3 Å². The number of anilines is 2. The molecule has 4 heterocycles. The minimum atomic E-state index is -0.145. The van der Waals surface area contributed by atoms with Gasteiger partial charge in [-0.3, -0.25) is 9.78 Å². The Bertz CT molecular complexity index is 1530. The van der Waals surface area contributed by atoms with E-state index in [4.69, 9.17) is 17.0 Å². The summed E-state index contributed by atoms with van der Waals surface area (Å²) >= 11 is 5.86. The molecule has 1 amide bonds. The van der Waals surface area contributed by atoms with Gasteiger partial charge in [-0.2, -0.15) is 0 Å². The third kappa shape index (κ3) is 5.75. The zero-order valence-corrected chi connectivity index (χ0v) is 24.8. The molecule has 2 aromatic carbocycles. The number of amides is 1. The van der Waals surface area contributed by atoms with Crippen LogP contribution in [0.1, 0.15) is 41.1 Å². The van der Waals surface area contributed by atoms with Crippen molar-refractivity contribution in [3.63, 3.8) is 0 Å². The molecule has 9 heteroatoms. The van der Waals surface area contributed by atoms with Crippen molar-refractivity contribution in [2.75, 3.05) is 43.1 Å². The number of hydrogen-bond acceptors (Lipinski definition) is 5. The van der Waals surface area contributed by atoms with Gasteiger partial charge in [0.2, 0.25) is 5.91 Å². The van der Waals surface area contributed by atoms with Crippen LogP contribution in [0.5, 0.6) is 0 Å². The van der Waals surface area contributed by atoms with E-state index in [1.54, 1.807) is 0 Å². The second kappa shape index (κ2) is 12.3. The van der Waals surface area contributed by atoms with Gasteiger partial charge in [0.05, 0.1) is 31.0 Å². The molecule has 0 aliphatic carbocycles. The Kier molecular flexibility index (Phi) is 8.21. The van der Waals surface area contributed by atoms with E-state index in [9.17, 15) is 4.79 Å². The normalized spacial score (nSPS) is 18.7. The largest absolute Gasteiger partial charge is 0.378 e. The molecule has 4 aromatic rings. The Morgan fingerprint density at radius 1 is 1.00 bits per heavy atom. The lowest BCUT2D eigenvalue weighted by Gasteiger charge is -2.29. The van der Waals surface area contributed by atoms with Crippen LogP contribution in [0.25, 0.3) is 5.69 Å². The van der Waals surface area contributed by atoms with E-state index in [1.807, 2.05) is 54.7 Å². The number of rotatable bonds is 8. The molecule has 2 atom stereocenters. The van der Waals surface area contributed by atoms with Gasteiger partial charge in [0.25, 0.3) is 0 Å². The first-order valence-electron chi connectivity index (χ1n) is 14.4. The number of carbonyl (C=O) groups excluding carboxylic acids is 1. The Labute approximate surface area is 252 Å². The fraction of sp³-hybridized carbons (Fsp3) is 0.303. The number of pyridine rings is 1. The van der Waals surface area contributed by atoms with Gasteiger partial charge in [0.1, 0.15) is 0 Å². The lowest BCUT2D eigenvalue weighted by atomic mass is 9.96. The van der Waals surface area contributed by atoms with Crippen LogP contribution in [0.15, 0.2) is 85.1 Å². The molecule has 2 N–H and O–H groups in total. The molecule has 42 heavy (non-hydrogen) atoms. The van der Waals surface area contributed by atoms with Crippen LogP contribution in [0.4, 0.5) is 11.4 Å². The highest BCUT2D eigenvalue weighted by atomic mass is 32.1. The van der Waals surface area contributed by atoms with Crippen LogP contribution in [0.3, 0.4) is 0 Å². The first kappa shape index (κ1) is 27.9. The van der Waals surface area contributed by atoms with Crippen molar-refractivity contribution < 1.29 is 9.53 Å². The van der Waals surface area contributed by atoms with Gasteiger partial charge in [-0.25, -0.2) is 0 Å². The summed E-state index contributed by atoms with van der Waals surface area (Å²) in [7, 11) is 0. The van der Waals surface area contributed by atoms with Crippen LogP contribution in [-0.4, -0.2) is 58.3 Å². The number of nitrogens with zero attached hydrogens (tertiary/aromatic N) is 4. The molecule has 8 nitrogen and oxygen atoms in total. The Morgan fingerprint density at radius 2 is 1.71 bits per heavy atom. The summed E-state index contributed by atoms with van der Waals surface area (Å²) in [4.78, 5) is 22.1. The molecule has 216 valence electrons. The van der Waals surface area contributed by atoms with Gasteiger partial charge >= 0.3 is 0 Å². The minimum Gasteiger partial charge on any atom is -0.378 e. The van der Waals surface area contributed by atoms with Crippen LogP contribution in [-0.2, 0) is 9.53 Å². The predicted octanol–water partition coefficient (Wildman–Crippen LogP) is 5.33. The standard InChI is InChI=1S/C33H36N6O2S/c1-23-22-28(24(2)39(23)27-13-11-26(12-14-27)37-18-20-41-21-19-37)32-31(29-10-6-7-16-34-29)36-33(42)38(32)17-15-30(40)35-25-8-4-3-5-9-25/h3-14,16,22,31-32H,15,17-21H2,1-2H3,(H,35,40)(H,36,42)/t31-,32-/m0/s1. The summed E-state index contributed by atoms with van der Waals surface area (Å²) in [6.07, 6.45) is 2.12. The molecule has 0 radical (unpaired) electrons. The van der Waals surface area contributed by atoms with Gasteiger partial charge < -0.3 is 29.7 Å². The number of hydrogen-bond donors (Lipinski definition) is 2. The van der Waals surface area contributed by atoms with E-state index in [0.29, 0.717) is 18.1 Å². The molecule has 2 aromatic heterocycles. The average Bonchev–Trinajstić information content (AvgIpc) is 3.51. The van der Waals surface area contributed by atoms with Gasteiger partial charge in [-0.1, -0.05) is 24.3 Å². The summed E-state index contributed by atoms with van der Waals surface area (Å²) in [5.74, 6) is -0.0464. The average molecular weight is 581 g/mol. The number of carbonyl (C=O) groups is 1. The lowest BCUT2D eigenvalue weighted by Crippen LogP contribution is -2.36. The molecule has 2 aliphatic heterocycles. The molecule has 6 rings (SSSR count). The molecule has 0 spiro atoms. The fourth-order valence-corrected chi connectivity index (χ4v) is 6.40. The van der Waals surface area contributed by atoms with Crippen LogP contribution < -0.4 is 15.5 Å². The van der Waals surface area contributed by atoms with Crippen molar-refractivity contribution in [3.8, 4) is 5.69 Å². The highest BCUT2D eigenvalue weighted by Gasteiger charge is 2.41. The SMILES string of the molecule is Cc1cc([C@H]2[C@H](c3ccccn3)NC(=S)N2CCC(=O)Nc2ccccc2)c(C)n1-c1ccc(N2CCOCC2)cc1. The minimum absolute atomic E-state index is 0.0464. The second-order valence-corrected chi connectivity index (χ2v) is 11.1. The number of nitrogens with one attached hydrogen (secondary N) is 2. The van der Waals surface area contributed by atoms with Gasteiger partial charge in [0, 0.05) is 60.7 Å². The molecule has 0 bridgehead atoms. The maximum Gasteiger partial charge on any atom is 0.226 e. The monoisotopic (exact) mass is 580 g/mol. The highest BCUT2D eigenvalue weighted by molar-refractivity contribution is 7.80. The first-order chi connectivity index (χ1) is 20.5. The zero-order chi connectivity index (χ0) is 29.1. The Morgan fingerprint density at radius 3 is 2.43 bits per heavy atom. The third-order valence-corrected chi connectivity index (χ3v) is 8.46. The molecule has 2 saturated heterocycles. The topological polar surface area (TPSA) is 74.7 Å². The zero-order valence-electron chi connectivity index (χ0n) is 24.0. The quantitative estimate of drug-likeness (QED) is 0.273. The molecular formula is C33H36N6O2S. The molecular weight excluding hydrogens is 544 g/mol. The van der Waals surface area contributed by atoms with E-state index in [-0.39, 0.29) is 18.0 Å². The van der Waals surface area contributed by atoms with Crippen molar-refractivity contribution in [1.82, 2.24) is 19.8 Å². The van der Waals surface area contributed by atoms with Crippen molar-refractivity contribution in [1.29, 1.82) is 0 Å². The van der Waals surface area contributed by atoms with Gasteiger partial charge in [-0.15, -0.1) is 0 Å². The number of morpholine rings is 1. The van der Waals surface area contributed by atoms with Crippen molar-refractivity contribution in [2.24, 2.45) is 0 Å². The fourth-order valence-electron chi connectivity index (χ4n) is 6.07. The maximum absolute atomic E-state index is 12.9. The summed E-state index contributed by atoms with van der Waals surface area (Å²) in [6.45, 7) is 8.13. The highest BCUT2D eigenvalue weighted by Crippen LogP contribution is 2.41. The van der Waals surface area contributed by atoms with Crippen LogP contribution >= 0.6 is 12.2 Å². The van der Waals surface area contributed by atoms with Crippen molar-refractivity contribution in [3.05, 3.63) is 108 Å². The number of ether oxygens (including phenoxy) is 1. The van der Waals surface area contributed by atoms with E-state index < -0.39 is 0 Å². The van der Waals surface area contributed by atoms with Gasteiger partial charge in [-0.05, 0) is 86.2 Å². The summed E-state index contributed by atoms with van der Waals surface area (Å²) in [5.41, 5.74) is 7.48. The summed E-state index contributed by atoms with van der Waals surface area (Å²) < 4.78 is 7.82. The third-order valence-electron chi connectivity index (χ3n) is 8.11. The van der Waals surface area contributed by atoms with Crippen LogP contribution in [0, 0.1) is 13.8 Å². The lowest BCUT2D eigenvalue weighted by molar-refractivity contribution is -0.116. The number of thiocarbonyl (C=S) groups is 1. The van der Waals surface area contributed by atoms with Crippen molar-refractivity contribution >= 4 is 34.6 Å². The maximum atomic E-state index is 12.9. The molecule has 2 aliphatic rings. The Balaban J connectivity index is 1.29. The number of aryl methyl sites for hydroxylation is 1. The number of aromatic nitrogens is 2. The van der Waals surface area contributed by atoms with Gasteiger partial charge in [0.15, 0.2) is 5.11 Å². The van der Waals surface area contributed by atoms with E-state index >= 15 is 0 Å². The summed E-state index contributed by atoms with van der Waals surface area (Å²) in [6, 6.07) is 26.2. The second-order valence-electron chi connectivity index (χ2n) is 10.8. The van der Waals surface area contributed by atoms with E-state index in [2.05, 4.69) is 74.2 Å². The smallest absolute Gasteiger partial charge is 0.226 e. The molecule has 0 unspecified atom stereocenters. The summed E-state index contributed by atoms with van der Waals surface area (Å²) in [5, 5.41) is 7.14. The van der Waals surface area contributed by atoms with Crippen molar-refractivity contribution in [2.45, 2.75) is 32.4 Å². The number of benzene rings is 2. The van der Waals surface area contributed by atoms with E-state index in [1.165, 1.54) is 5.69 Å². The Hall–Kier alpha value is -4.21. The van der Waals surface area contributed by atoms with Crippen LogP contribution in [0.2, 0.25) is 0 Å². The number of para-hydroxylation sites is 1. The molecule has 2 fully saturated rings.